The van der Waals surface area contributed by atoms with E-state index in [2.05, 4.69) is 10.3 Å². The van der Waals surface area contributed by atoms with Crippen LogP contribution in [0, 0.1) is 5.82 Å². The lowest BCUT2D eigenvalue weighted by molar-refractivity contribution is -0.136. The molecule has 0 atom stereocenters. The molecule has 0 radical (unpaired) electrons. The van der Waals surface area contributed by atoms with Gasteiger partial charge in [0.05, 0.1) is 17.7 Å². The summed E-state index contributed by atoms with van der Waals surface area (Å²) in [5.41, 5.74) is -1.32. The van der Waals surface area contributed by atoms with Gasteiger partial charge >= 0.3 is 6.18 Å². The van der Waals surface area contributed by atoms with Crippen LogP contribution >= 0.6 is 0 Å². The molecule has 0 aliphatic rings. The number of hydrogen-bond donors (Lipinski definition) is 1. The van der Waals surface area contributed by atoms with Gasteiger partial charge in [-0.2, -0.15) is 13.2 Å². The molecule has 0 aliphatic heterocycles. The summed E-state index contributed by atoms with van der Waals surface area (Å²) in [4.78, 5) is 16.8. The zero-order valence-corrected chi connectivity index (χ0v) is 14.8. The number of aromatic nitrogens is 1. The number of rotatable bonds is 5. The lowest BCUT2D eigenvalue weighted by Gasteiger charge is -2.18. The highest BCUT2D eigenvalue weighted by atomic mass is 19.4. The van der Waals surface area contributed by atoms with Crippen LogP contribution in [-0.2, 0) is 12.7 Å². The number of nitrogens with one attached hydrogen (secondary N) is 1. The minimum Gasteiger partial charge on any atom is -0.477 e. The van der Waals surface area contributed by atoms with E-state index in [-0.39, 0.29) is 24.1 Å². The van der Waals surface area contributed by atoms with E-state index in [1.165, 1.54) is 36.4 Å². The highest BCUT2D eigenvalue weighted by Gasteiger charge is 2.40. The van der Waals surface area contributed by atoms with Crippen molar-refractivity contribution >= 4 is 16.8 Å². The van der Waals surface area contributed by atoms with Crippen molar-refractivity contribution in [2.45, 2.75) is 19.6 Å². The molecule has 0 aliphatic carbocycles. The molecule has 0 bridgehead atoms. The third-order valence-corrected chi connectivity index (χ3v) is 3.99. The molecule has 8 heteroatoms. The van der Waals surface area contributed by atoms with Crippen molar-refractivity contribution in [3.05, 3.63) is 71.0 Å². The predicted molar refractivity (Wildman–Crippen MR) is 95.5 cm³/mol. The highest BCUT2D eigenvalue weighted by Crippen LogP contribution is 2.40. The van der Waals surface area contributed by atoms with Gasteiger partial charge in [0.25, 0.3) is 5.91 Å². The average Bonchev–Trinajstić information content (AvgIpc) is 2.64. The van der Waals surface area contributed by atoms with Crippen molar-refractivity contribution in [2.75, 3.05) is 6.61 Å². The topological polar surface area (TPSA) is 51.2 Å². The second kappa shape index (κ2) is 7.84. The van der Waals surface area contributed by atoms with Crippen molar-refractivity contribution in [1.29, 1.82) is 0 Å². The van der Waals surface area contributed by atoms with Crippen LogP contribution in [0.15, 0.2) is 48.5 Å². The molecular weight excluding hydrogens is 376 g/mol. The normalized spacial score (nSPS) is 11.5. The Bertz CT molecular complexity index is 1020. The quantitative estimate of drug-likeness (QED) is 0.639. The van der Waals surface area contributed by atoms with Crippen LogP contribution in [0.25, 0.3) is 10.9 Å². The molecule has 3 rings (SSSR count). The van der Waals surface area contributed by atoms with E-state index < -0.39 is 34.9 Å². The summed E-state index contributed by atoms with van der Waals surface area (Å²) in [5.74, 6) is -1.91. The summed E-state index contributed by atoms with van der Waals surface area (Å²) in [6.07, 6.45) is -4.81. The van der Waals surface area contributed by atoms with Crippen molar-refractivity contribution in [3.63, 3.8) is 0 Å². The Balaban J connectivity index is 2.09. The van der Waals surface area contributed by atoms with E-state index in [4.69, 9.17) is 4.74 Å². The van der Waals surface area contributed by atoms with Crippen molar-refractivity contribution in [3.8, 4) is 5.88 Å². The molecule has 0 unspecified atom stereocenters. The van der Waals surface area contributed by atoms with E-state index in [1.807, 2.05) is 0 Å². The molecule has 0 saturated heterocycles. The summed E-state index contributed by atoms with van der Waals surface area (Å²) in [6.45, 7) is 1.47. The number of nitrogens with zero attached hydrogens (tertiary/aromatic N) is 1. The molecule has 1 amide bonds. The average molecular weight is 392 g/mol. The van der Waals surface area contributed by atoms with Gasteiger partial charge in [-0.25, -0.2) is 9.37 Å². The zero-order valence-electron chi connectivity index (χ0n) is 14.8. The number of pyridine rings is 1. The number of para-hydroxylation sites is 1. The predicted octanol–water partition coefficient (Wildman–Crippen LogP) is 4.72. The Kier molecular flexibility index (Phi) is 5.48. The van der Waals surface area contributed by atoms with Crippen LogP contribution in [0.2, 0.25) is 0 Å². The van der Waals surface area contributed by atoms with Crippen molar-refractivity contribution < 1.29 is 27.1 Å². The molecule has 4 nitrogen and oxygen atoms in total. The standard InChI is InChI=1S/C20H16F4N2O2/c1-2-28-19-16(18(27)25-11-12-6-5-7-13(21)10-12)17(20(22,23)24)14-8-3-4-9-15(14)26-19/h3-10H,2,11H2,1H3,(H,25,27). The largest absolute Gasteiger partial charge is 0.477 e. The van der Waals surface area contributed by atoms with E-state index in [9.17, 15) is 22.4 Å². The first-order chi connectivity index (χ1) is 13.3. The number of benzene rings is 2. The maximum atomic E-state index is 13.9. The van der Waals surface area contributed by atoms with Crippen LogP contribution in [0.5, 0.6) is 5.88 Å². The van der Waals surface area contributed by atoms with Crippen molar-refractivity contribution in [2.24, 2.45) is 0 Å². The number of ether oxygens (including phenoxy) is 1. The summed E-state index contributed by atoms with van der Waals surface area (Å²) in [5, 5.41) is 2.19. The van der Waals surface area contributed by atoms with Crippen LogP contribution in [0.4, 0.5) is 17.6 Å². The third-order valence-electron chi connectivity index (χ3n) is 3.99. The van der Waals surface area contributed by atoms with Gasteiger partial charge in [0.2, 0.25) is 5.88 Å². The number of hydrogen-bond acceptors (Lipinski definition) is 3. The van der Waals surface area contributed by atoms with Crippen LogP contribution < -0.4 is 10.1 Å². The molecule has 1 N–H and O–H groups in total. The van der Waals surface area contributed by atoms with Crippen LogP contribution in [0.1, 0.15) is 28.4 Å². The second-order valence-electron chi connectivity index (χ2n) is 5.93. The zero-order chi connectivity index (χ0) is 20.3. The Morgan fingerprint density at radius 1 is 1.14 bits per heavy atom. The third kappa shape index (κ3) is 4.05. The maximum Gasteiger partial charge on any atom is 0.418 e. The Morgan fingerprint density at radius 2 is 1.89 bits per heavy atom. The fourth-order valence-electron chi connectivity index (χ4n) is 2.85. The van der Waals surface area contributed by atoms with E-state index >= 15 is 0 Å². The Labute approximate surface area is 158 Å². The van der Waals surface area contributed by atoms with E-state index in [1.54, 1.807) is 19.1 Å². The Hall–Kier alpha value is -3.16. The first kappa shape index (κ1) is 19.6. The molecule has 3 aromatic rings. The summed E-state index contributed by atoms with van der Waals surface area (Å²) in [6, 6.07) is 11.1. The number of carbonyl (C=O) groups excluding carboxylic acids is 1. The lowest BCUT2D eigenvalue weighted by atomic mass is 10.0. The molecule has 146 valence electrons. The van der Waals surface area contributed by atoms with Crippen LogP contribution in [-0.4, -0.2) is 17.5 Å². The van der Waals surface area contributed by atoms with Gasteiger partial charge in [0.1, 0.15) is 11.4 Å². The summed E-state index contributed by atoms with van der Waals surface area (Å²) >= 11 is 0. The number of amides is 1. The molecule has 0 saturated carbocycles. The highest BCUT2D eigenvalue weighted by molar-refractivity contribution is 6.03. The summed E-state index contributed by atoms with van der Waals surface area (Å²) < 4.78 is 60.1. The molecule has 28 heavy (non-hydrogen) atoms. The molecule has 1 aromatic heterocycles. The maximum absolute atomic E-state index is 13.9. The SMILES string of the molecule is CCOc1nc2ccccc2c(C(F)(F)F)c1C(=O)NCc1cccc(F)c1. The fraction of sp³-hybridized carbons (Fsp3) is 0.200. The molecule has 0 spiro atoms. The van der Waals surface area contributed by atoms with Gasteiger partial charge in [-0.15, -0.1) is 0 Å². The second-order valence-corrected chi connectivity index (χ2v) is 5.93. The lowest BCUT2D eigenvalue weighted by Crippen LogP contribution is -2.27. The number of fused-ring (bicyclic) bond motifs is 1. The van der Waals surface area contributed by atoms with Gasteiger partial charge in [0, 0.05) is 11.9 Å². The molecular formula is C20H16F4N2O2. The molecule has 1 heterocycles. The summed E-state index contributed by atoms with van der Waals surface area (Å²) in [7, 11) is 0. The monoisotopic (exact) mass is 392 g/mol. The van der Waals surface area contributed by atoms with E-state index in [0.29, 0.717) is 5.56 Å². The molecule has 2 aromatic carbocycles. The minimum absolute atomic E-state index is 0.0345. The number of carbonyl (C=O) groups is 1. The van der Waals surface area contributed by atoms with E-state index in [0.717, 1.165) is 0 Å². The minimum atomic E-state index is -4.81. The number of alkyl halides is 3. The van der Waals surface area contributed by atoms with Crippen LogP contribution in [0.3, 0.4) is 0 Å². The smallest absolute Gasteiger partial charge is 0.418 e. The fourth-order valence-corrected chi connectivity index (χ4v) is 2.85. The first-order valence-corrected chi connectivity index (χ1v) is 8.46. The van der Waals surface area contributed by atoms with Gasteiger partial charge in [-0.3, -0.25) is 4.79 Å². The van der Waals surface area contributed by atoms with Gasteiger partial charge < -0.3 is 10.1 Å². The Morgan fingerprint density at radius 3 is 2.57 bits per heavy atom. The molecule has 0 fully saturated rings. The van der Waals surface area contributed by atoms with Gasteiger partial charge in [-0.1, -0.05) is 30.3 Å². The van der Waals surface area contributed by atoms with Crippen molar-refractivity contribution in [1.82, 2.24) is 10.3 Å². The van der Waals surface area contributed by atoms with Gasteiger partial charge in [0.15, 0.2) is 0 Å². The first-order valence-electron chi connectivity index (χ1n) is 8.46. The number of halogens is 4. The van der Waals surface area contributed by atoms with Gasteiger partial charge in [-0.05, 0) is 30.7 Å².